The molecule has 0 radical (unpaired) electrons. The lowest BCUT2D eigenvalue weighted by atomic mass is 9.70. The number of ether oxygens (including phenoxy) is 2. The molecule has 0 aromatic rings. The minimum Gasteiger partial charge on any atom is -0.390 e. The van der Waals surface area contributed by atoms with Crippen molar-refractivity contribution in [2.45, 2.75) is 49.9 Å². The molecule has 0 amide bonds. The van der Waals surface area contributed by atoms with Gasteiger partial charge in [0.1, 0.15) is 0 Å². The van der Waals surface area contributed by atoms with Gasteiger partial charge in [0.25, 0.3) is 0 Å². The van der Waals surface area contributed by atoms with Crippen LogP contribution in [0, 0.1) is 5.92 Å². The van der Waals surface area contributed by atoms with Gasteiger partial charge in [-0.2, -0.15) is 0 Å². The molecule has 1 aliphatic heterocycles. The van der Waals surface area contributed by atoms with Crippen molar-refractivity contribution in [3.05, 3.63) is 12.2 Å². The predicted octanol–water partition coefficient (Wildman–Crippen LogP) is 2.00. The van der Waals surface area contributed by atoms with Crippen molar-refractivity contribution >= 4 is 0 Å². The molecule has 3 nitrogen and oxygen atoms in total. The van der Waals surface area contributed by atoms with Crippen molar-refractivity contribution < 1.29 is 14.6 Å². The van der Waals surface area contributed by atoms with Gasteiger partial charge in [-0.05, 0) is 31.6 Å². The van der Waals surface area contributed by atoms with Crippen LogP contribution >= 0.6 is 0 Å². The molecule has 1 saturated heterocycles. The molecule has 0 unspecified atom stereocenters. The lowest BCUT2D eigenvalue weighted by Crippen LogP contribution is -2.49. The molecule has 0 aromatic carbocycles. The van der Waals surface area contributed by atoms with Crippen molar-refractivity contribution in [1.82, 2.24) is 0 Å². The average Bonchev–Trinajstić information content (AvgIpc) is 2.63. The maximum atomic E-state index is 10.7. The molecule has 1 spiro atoms. The van der Waals surface area contributed by atoms with Gasteiger partial charge >= 0.3 is 0 Å². The van der Waals surface area contributed by atoms with Gasteiger partial charge in [0.05, 0.1) is 18.8 Å². The van der Waals surface area contributed by atoms with E-state index in [1.54, 1.807) is 0 Å². The molecule has 2 aliphatic carbocycles. The molecule has 2 atom stereocenters. The smallest absolute Gasteiger partial charge is 0.168 e. The number of hydrogen-bond donors (Lipinski definition) is 1. The van der Waals surface area contributed by atoms with Crippen LogP contribution in [-0.2, 0) is 9.47 Å². The topological polar surface area (TPSA) is 38.7 Å². The van der Waals surface area contributed by atoms with Crippen LogP contribution in [0.1, 0.15) is 38.5 Å². The van der Waals surface area contributed by atoms with Crippen LogP contribution in [0.25, 0.3) is 0 Å². The monoisotopic (exact) mass is 224 g/mol. The standard InChI is InChI=1S/C13H20O3/c14-12-5-3-1-2-4-11(12)10-13(7-6-12)15-8-9-16-13/h1-2,11,14H,3-10H2/t11-,12+/m0/s1. The van der Waals surface area contributed by atoms with Crippen molar-refractivity contribution in [2.24, 2.45) is 5.92 Å². The SMILES string of the molecule is O[C@@]12CCC=CC[C@H]1CC1(CC2)OCCO1. The Balaban J connectivity index is 1.79. The highest BCUT2D eigenvalue weighted by Gasteiger charge is 2.50. The van der Waals surface area contributed by atoms with E-state index < -0.39 is 5.60 Å². The van der Waals surface area contributed by atoms with Crippen LogP contribution in [0.5, 0.6) is 0 Å². The van der Waals surface area contributed by atoms with Gasteiger partial charge in [-0.15, -0.1) is 0 Å². The van der Waals surface area contributed by atoms with Gasteiger partial charge in [0.2, 0.25) is 0 Å². The summed E-state index contributed by atoms with van der Waals surface area (Å²) in [7, 11) is 0. The van der Waals surface area contributed by atoms with Gasteiger partial charge in [-0.1, -0.05) is 12.2 Å². The second kappa shape index (κ2) is 3.83. The van der Waals surface area contributed by atoms with E-state index in [-0.39, 0.29) is 5.79 Å². The first-order valence-corrected chi connectivity index (χ1v) is 6.38. The van der Waals surface area contributed by atoms with E-state index in [0.717, 1.165) is 38.5 Å². The molecular formula is C13H20O3. The van der Waals surface area contributed by atoms with E-state index >= 15 is 0 Å². The third-order valence-electron chi connectivity index (χ3n) is 4.40. The van der Waals surface area contributed by atoms with E-state index in [1.807, 2.05) is 0 Å². The number of rotatable bonds is 0. The summed E-state index contributed by atoms with van der Waals surface area (Å²) in [5, 5.41) is 10.7. The molecule has 1 heterocycles. The first kappa shape index (κ1) is 10.8. The Morgan fingerprint density at radius 1 is 1.06 bits per heavy atom. The third-order valence-corrected chi connectivity index (χ3v) is 4.40. The highest BCUT2D eigenvalue weighted by Crippen LogP contribution is 2.47. The maximum Gasteiger partial charge on any atom is 0.168 e. The summed E-state index contributed by atoms with van der Waals surface area (Å²) >= 11 is 0. The fourth-order valence-electron chi connectivity index (χ4n) is 3.38. The van der Waals surface area contributed by atoms with Crippen LogP contribution in [-0.4, -0.2) is 29.7 Å². The Morgan fingerprint density at radius 3 is 2.69 bits per heavy atom. The summed E-state index contributed by atoms with van der Waals surface area (Å²) < 4.78 is 11.5. The van der Waals surface area contributed by atoms with Crippen LogP contribution < -0.4 is 0 Å². The van der Waals surface area contributed by atoms with Gasteiger partial charge in [0.15, 0.2) is 5.79 Å². The summed E-state index contributed by atoms with van der Waals surface area (Å²) in [6.07, 6.45) is 9.78. The molecule has 2 fully saturated rings. The minimum absolute atomic E-state index is 0.304. The molecule has 3 rings (SSSR count). The van der Waals surface area contributed by atoms with E-state index in [2.05, 4.69) is 12.2 Å². The molecule has 3 aliphatic rings. The van der Waals surface area contributed by atoms with Crippen molar-refractivity contribution in [3.63, 3.8) is 0 Å². The first-order valence-electron chi connectivity index (χ1n) is 6.38. The van der Waals surface area contributed by atoms with E-state index in [0.29, 0.717) is 19.1 Å². The van der Waals surface area contributed by atoms with Crippen LogP contribution in [0.4, 0.5) is 0 Å². The quantitative estimate of drug-likeness (QED) is 0.640. The summed E-state index contributed by atoms with van der Waals surface area (Å²) in [5.41, 5.74) is -0.482. The fraction of sp³-hybridized carbons (Fsp3) is 0.846. The zero-order valence-electron chi connectivity index (χ0n) is 9.65. The van der Waals surface area contributed by atoms with Gasteiger partial charge in [0, 0.05) is 12.8 Å². The molecule has 1 saturated carbocycles. The predicted molar refractivity (Wildman–Crippen MR) is 59.9 cm³/mol. The van der Waals surface area contributed by atoms with Crippen molar-refractivity contribution in [3.8, 4) is 0 Å². The molecule has 0 aromatic heterocycles. The highest BCUT2D eigenvalue weighted by molar-refractivity contribution is 5.04. The summed E-state index contributed by atoms with van der Waals surface area (Å²) in [5.74, 6) is -0.0622. The minimum atomic E-state index is -0.482. The lowest BCUT2D eigenvalue weighted by molar-refractivity contribution is -0.222. The third kappa shape index (κ3) is 1.71. The number of fused-ring (bicyclic) bond motifs is 1. The number of allylic oxidation sites excluding steroid dienone is 2. The Kier molecular flexibility index (Phi) is 2.57. The van der Waals surface area contributed by atoms with E-state index in [1.165, 1.54) is 0 Å². The highest BCUT2D eigenvalue weighted by atomic mass is 16.7. The van der Waals surface area contributed by atoms with Gasteiger partial charge < -0.3 is 14.6 Å². The van der Waals surface area contributed by atoms with Crippen LogP contribution in [0.3, 0.4) is 0 Å². The van der Waals surface area contributed by atoms with Crippen LogP contribution in [0.2, 0.25) is 0 Å². The lowest BCUT2D eigenvalue weighted by Gasteiger charge is -2.45. The Bertz CT molecular complexity index is 294. The van der Waals surface area contributed by atoms with E-state index in [4.69, 9.17) is 9.47 Å². The number of hydrogen-bond acceptors (Lipinski definition) is 3. The Hall–Kier alpha value is -0.380. The van der Waals surface area contributed by atoms with Crippen molar-refractivity contribution in [2.75, 3.05) is 13.2 Å². The maximum absolute atomic E-state index is 10.7. The average molecular weight is 224 g/mol. The summed E-state index contributed by atoms with van der Waals surface area (Å²) in [6.45, 7) is 1.42. The molecular weight excluding hydrogens is 204 g/mol. The van der Waals surface area contributed by atoms with Crippen molar-refractivity contribution in [1.29, 1.82) is 0 Å². The zero-order chi connectivity index (χ0) is 11.1. The fourth-order valence-corrected chi connectivity index (χ4v) is 3.38. The first-order chi connectivity index (χ1) is 7.73. The Morgan fingerprint density at radius 2 is 1.88 bits per heavy atom. The van der Waals surface area contributed by atoms with Gasteiger partial charge in [-0.25, -0.2) is 0 Å². The molecule has 0 bridgehead atoms. The molecule has 3 heteroatoms. The second-order valence-corrected chi connectivity index (χ2v) is 5.36. The normalized spacial score (nSPS) is 41.9. The summed E-state index contributed by atoms with van der Waals surface area (Å²) in [4.78, 5) is 0. The Labute approximate surface area is 96.4 Å². The number of aliphatic hydroxyl groups is 1. The molecule has 1 N–H and O–H groups in total. The van der Waals surface area contributed by atoms with Crippen LogP contribution in [0.15, 0.2) is 12.2 Å². The molecule has 90 valence electrons. The largest absolute Gasteiger partial charge is 0.390 e. The van der Waals surface area contributed by atoms with Gasteiger partial charge in [-0.3, -0.25) is 0 Å². The summed E-state index contributed by atoms with van der Waals surface area (Å²) in [6, 6.07) is 0. The van der Waals surface area contributed by atoms with E-state index in [9.17, 15) is 5.11 Å². The zero-order valence-corrected chi connectivity index (χ0v) is 9.65. The molecule has 16 heavy (non-hydrogen) atoms. The second-order valence-electron chi connectivity index (χ2n) is 5.36.